The molecule has 0 bridgehead atoms. The van der Waals surface area contributed by atoms with E-state index in [0.717, 1.165) is 18.3 Å². The fourth-order valence-electron chi connectivity index (χ4n) is 3.73. The predicted molar refractivity (Wildman–Crippen MR) is 79.5 cm³/mol. The van der Waals surface area contributed by atoms with Crippen LogP contribution in [0.3, 0.4) is 0 Å². The number of nitrogens with two attached hydrogens (primary N) is 2. The Morgan fingerprint density at radius 3 is 2.70 bits per heavy atom. The number of nitrogen functional groups attached to an aromatic ring is 1. The van der Waals surface area contributed by atoms with Gasteiger partial charge in [0, 0.05) is 12.6 Å². The maximum absolute atomic E-state index is 11.4. The van der Waals surface area contributed by atoms with Crippen LogP contribution in [-0.4, -0.2) is 23.5 Å². The second kappa shape index (κ2) is 5.31. The van der Waals surface area contributed by atoms with Gasteiger partial charge in [-0.15, -0.1) is 0 Å². The van der Waals surface area contributed by atoms with Crippen LogP contribution in [0.1, 0.15) is 48.9 Å². The van der Waals surface area contributed by atoms with Crippen LogP contribution in [0, 0.1) is 5.92 Å². The second-order valence-corrected chi connectivity index (χ2v) is 5.94. The van der Waals surface area contributed by atoms with E-state index in [1.165, 1.54) is 38.5 Å². The molecule has 1 unspecified atom stereocenters. The summed E-state index contributed by atoms with van der Waals surface area (Å²) in [5.41, 5.74) is 11.9. The monoisotopic (exact) mass is 274 g/mol. The Hall–Kier alpha value is -1.78. The topological polar surface area (TPSA) is 85.2 Å². The van der Waals surface area contributed by atoms with E-state index in [4.69, 9.17) is 11.5 Å². The first-order valence-electron chi connectivity index (χ1n) is 7.49. The van der Waals surface area contributed by atoms with Crippen molar-refractivity contribution in [3.05, 3.63) is 17.8 Å². The molecule has 20 heavy (non-hydrogen) atoms. The first-order chi connectivity index (χ1) is 9.66. The van der Waals surface area contributed by atoms with Crippen molar-refractivity contribution < 1.29 is 4.79 Å². The number of carbonyl (C=O) groups is 1. The van der Waals surface area contributed by atoms with E-state index < -0.39 is 5.91 Å². The molecule has 5 nitrogen and oxygen atoms in total. The van der Waals surface area contributed by atoms with Gasteiger partial charge in [-0.25, -0.2) is 4.98 Å². The van der Waals surface area contributed by atoms with Crippen LogP contribution >= 0.6 is 0 Å². The minimum absolute atomic E-state index is 0.359. The first kappa shape index (κ1) is 13.2. The molecular weight excluding hydrogens is 252 g/mol. The Balaban J connectivity index is 1.87. The van der Waals surface area contributed by atoms with Crippen LogP contribution in [0.25, 0.3) is 0 Å². The van der Waals surface area contributed by atoms with E-state index >= 15 is 0 Å². The first-order valence-corrected chi connectivity index (χ1v) is 7.49. The van der Waals surface area contributed by atoms with E-state index in [1.54, 1.807) is 12.3 Å². The highest BCUT2D eigenvalue weighted by molar-refractivity contribution is 5.98. The normalized spacial score (nSPS) is 23.4. The summed E-state index contributed by atoms with van der Waals surface area (Å²) in [6.45, 7) is 1.01. The molecule has 1 saturated heterocycles. The Morgan fingerprint density at radius 1 is 1.25 bits per heavy atom. The summed E-state index contributed by atoms with van der Waals surface area (Å²) in [6.07, 6.45) is 9.30. The molecule has 108 valence electrons. The highest BCUT2D eigenvalue weighted by atomic mass is 16.1. The van der Waals surface area contributed by atoms with Crippen LogP contribution in [0.5, 0.6) is 0 Å². The zero-order valence-electron chi connectivity index (χ0n) is 11.7. The number of nitrogens with zero attached hydrogens (tertiary/aromatic N) is 2. The van der Waals surface area contributed by atoms with Crippen LogP contribution in [0.2, 0.25) is 0 Å². The molecule has 2 fully saturated rings. The van der Waals surface area contributed by atoms with Crippen molar-refractivity contribution in [2.75, 3.05) is 17.2 Å². The van der Waals surface area contributed by atoms with Gasteiger partial charge in [0.1, 0.15) is 5.82 Å². The highest BCUT2D eigenvalue weighted by Gasteiger charge is 2.34. The van der Waals surface area contributed by atoms with Gasteiger partial charge in [0.2, 0.25) is 0 Å². The number of hydrogen-bond donors (Lipinski definition) is 2. The van der Waals surface area contributed by atoms with E-state index in [1.807, 2.05) is 0 Å². The lowest BCUT2D eigenvalue weighted by atomic mass is 9.96. The number of anilines is 2. The average molecular weight is 274 g/mol. The molecule has 5 heteroatoms. The van der Waals surface area contributed by atoms with Gasteiger partial charge >= 0.3 is 0 Å². The minimum Gasteiger partial charge on any atom is -0.397 e. The Morgan fingerprint density at radius 2 is 2.00 bits per heavy atom. The van der Waals surface area contributed by atoms with E-state index in [9.17, 15) is 4.79 Å². The molecule has 1 aromatic heterocycles. The summed E-state index contributed by atoms with van der Waals surface area (Å²) >= 11 is 0. The molecule has 0 spiro atoms. The Kier molecular flexibility index (Phi) is 3.51. The Labute approximate surface area is 119 Å². The SMILES string of the molecule is NC(=O)c1cc(N2CCCC2C2CCCC2)ncc1N. The average Bonchev–Trinajstić information content (AvgIpc) is 3.09. The molecule has 1 saturated carbocycles. The van der Waals surface area contributed by atoms with Gasteiger partial charge in [-0.1, -0.05) is 12.8 Å². The van der Waals surface area contributed by atoms with Gasteiger partial charge in [0.15, 0.2) is 0 Å². The summed E-state index contributed by atoms with van der Waals surface area (Å²) in [4.78, 5) is 18.2. The molecule has 0 radical (unpaired) electrons. The number of primary amides is 1. The molecule has 4 N–H and O–H groups in total. The van der Waals surface area contributed by atoms with Crippen LogP contribution in [-0.2, 0) is 0 Å². The van der Waals surface area contributed by atoms with Crippen molar-refractivity contribution in [3.63, 3.8) is 0 Å². The standard InChI is InChI=1S/C15H22N4O/c16-12-9-18-14(8-11(12)15(17)20)19-7-3-6-13(19)10-4-1-2-5-10/h8-10,13H,1-7,16H2,(H2,17,20). The number of carbonyl (C=O) groups excluding carboxylic acids is 1. The molecule has 3 rings (SSSR count). The molecule has 2 aliphatic rings. The summed E-state index contributed by atoms with van der Waals surface area (Å²) in [7, 11) is 0. The quantitative estimate of drug-likeness (QED) is 0.881. The highest BCUT2D eigenvalue weighted by Crippen LogP contribution is 2.37. The predicted octanol–water partition coefficient (Wildman–Crippen LogP) is 1.92. The van der Waals surface area contributed by atoms with Crippen LogP contribution in [0.4, 0.5) is 11.5 Å². The zero-order chi connectivity index (χ0) is 14.1. The third kappa shape index (κ3) is 2.32. The van der Waals surface area contributed by atoms with Gasteiger partial charge < -0.3 is 16.4 Å². The summed E-state index contributed by atoms with van der Waals surface area (Å²) in [5.74, 6) is 1.14. The van der Waals surface area contributed by atoms with Crippen LogP contribution in [0.15, 0.2) is 12.3 Å². The van der Waals surface area contributed by atoms with E-state index in [-0.39, 0.29) is 0 Å². The van der Waals surface area contributed by atoms with E-state index in [0.29, 0.717) is 17.3 Å². The lowest BCUT2D eigenvalue weighted by molar-refractivity contribution is 0.100. The zero-order valence-corrected chi connectivity index (χ0v) is 11.7. The molecule has 1 aliphatic heterocycles. The maximum Gasteiger partial charge on any atom is 0.250 e. The van der Waals surface area contributed by atoms with Gasteiger partial charge in [0.25, 0.3) is 5.91 Å². The Bertz CT molecular complexity index is 511. The van der Waals surface area contributed by atoms with Crippen LogP contribution < -0.4 is 16.4 Å². The number of hydrogen-bond acceptors (Lipinski definition) is 4. The molecule has 1 aliphatic carbocycles. The minimum atomic E-state index is -0.484. The smallest absolute Gasteiger partial charge is 0.250 e. The fourth-order valence-corrected chi connectivity index (χ4v) is 3.73. The lowest BCUT2D eigenvalue weighted by Crippen LogP contribution is -2.35. The number of aromatic nitrogens is 1. The van der Waals surface area contributed by atoms with Gasteiger partial charge in [0.05, 0.1) is 17.4 Å². The van der Waals surface area contributed by atoms with Crippen molar-refractivity contribution >= 4 is 17.4 Å². The molecule has 2 heterocycles. The van der Waals surface area contributed by atoms with E-state index in [2.05, 4.69) is 9.88 Å². The lowest BCUT2D eigenvalue weighted by Gasteiger charge is -2.30. The molecular formula is C15H22N4O. The second-order valence-electron chi connectivity index (χ2n) is 5.94. The largest absolute Gasteiger partial charge is 0.397 e. The van der Waals surface area contributed by atoms with Gasteiger partial charge in [-0.2, -0.15) is 0 Å². The number of rotatable bonds is 3. The maximum atomic E-state index is 11.4. The van der Waals surface area contributed by atoms with Crippen molar-refractivity contribution in [1.29, 1.82) is 0 Å². The van der Waals surface area contributed by atoms with Crippen molar-refractivity contribution in [2.24, 2.45) is 11.7 Å². The summed E-state index contributed by atoms with van der Waals surface area (Å²) in [6, 6.07) is 2.32. The van der Waals surface area contributed by atoms with Gasteiger partial charge in [-0.3, -0.25) is 4.79 Å². The van der Waals surface area contributed by atoms with Gasteiger partial charge in [-0.05, 0) is 37.7 Å². The molecule has 1 atom stereocenters. The third-order valence-corrected chi connectivity index (χ3v) is 4.72. The summed E-state index contributed by atoms with van der Waals surface area (Å²) in [5, 5.41) is 0. The number of pyridine rings is 1. The molecule has 1 aromatic rings. The summed E-state index contributed by atoms with van der Waals surface area (Å²) < 4.78 is 0. The third-order valence-electron chi connectivity index (χ3n) is 4.72. The van der Waals surface area contributed by atoms with Crippen molar-refractivity contribution in [1.82, 2.24) is 4.98 Å². The van der Waals surface area contributed by atoms with Crippen molar-refractivity contribution in [3.8, 4) is 0 Å². The molecule has 1 amide bonds. The van der Waals surface area contributed by atoms with Crippen molar-refractivity contribution in [2.45, 2.75) is 44.6 Å². The fraction of sp³-hybridized carbons (Fsp3) is 0.600. The molecule has 0 aromatic carbocycles. The number of amides is 1.